The molecule has 3 aromatic rings. The lowest BCUT2D eigenvalue weighted by atomic mass is 10.0. The Morgan fingerprint density at radius 1 is 1.13 bits per heavy atom. The van der Waals surface area contributed by atoms with Gasteiger partial charge in [0.15, 0.2) is 0 Å². The van der Waals surface area contributed by atoms with Crippen LogP contribution in [0.4, 0.5) is 0 Å². The van der Waals surface area contributed by atoms with Crippen LogP contribution >= 0.6 is 0 Å². The normalized spacial score (nSPS) is 18.5. The van der Waals surface area contributed by atoms with Crippen molar-refractivity contribution < 1.29 is 9.59 Å². The van der Waals surface area contributed by atoms with E-state index in [0.717, 1.165) is 41.3 Å². The molecular formula is C24H28N4O2. The molecule has 0 radical (unpaired) electrons. The van der Waals surface area contributed by atoms with E-state index < -0.39 is 0 Å². The number of hydrogen-bond donors (Lipinski definition) is 1. The van der Waals surface area contributed by atoms with Gasteiger partial charge in [-0.05, 0) is 54.7 Å². The third-order valence-electron chi connectivity index (χ3n) is 6.17. The monoisotopic (exact) mass is 404 g/mol. The van der Waals surface area contributed by atoms with Gasteiger partial charge in [-0.2, -0.15) is 5.10 Å². The van der Waals surface area contributed by atoms with Crippen LogP contribution < -0.4 is 5.32 Å². The summed E-state index contributed by atoms with van der Waals surface area (Å²) in [4.78, 5) is 26.4. The van der Waals surface area contributed by atoms with E-state index in [0.29, 0.717) is 12.0 Å². The first kappa shape index (κ1) is 20.1. The molecule has 0 saturated heterocycles. The molecule has 2 atom stereocenters. The molecule has 0 aliphatic heterocycles. The Morgan fingerprint density at radius 2 is 1.87 bits per heavy atom. The molecule has 2 amide bonds. The average molecular weight is 405 g/mol. The van der Waals surface area contributed by atoms with E-state index >= 15 is 0 Å². The van der Waals surface area contributed by atoms with E-state index in [1.165, 1.54) is 0 Å². The summed E-state index contributed by atoms with van der Waals surface area (Å²) in [5, 5.41) is 8.44. The zero-order chi connectivity index (χ0) is 21.3. The van der Waals surface area contributed by atoms with Crippen molar-refractivity contribution in [3.05, 3.63) is 54.2 Å². The van der Waals surface area contributed by atoms with Crippen LogP contribution in [0.1, 0.15) is 43.0 Å². The fourth-order valence-electron chi connectivity index (χ4n) is 4.29. The van der Waals surface area contributed by atoms with Crippen LogP contribution in [-0.4, -0.2) is 45.6 Å². The van der Waals surface area contributed by atoms with Crippen molar-refractivity contribution in [1.82, 2.24) is 20.0 Å². The second-order valence-electron chi connectivity index (χ2n) is 8.12. The Kier molecular flexibility index (Phi) is 5.57. The standard InChI is InChI=1S/C24H28N4O2/c1-4-23(29)26-20-10-11-21(14-20)27(2)24(30)17-7-5-16(6-8-17)18-9-12-22-19(13-18)15-25-28(22)3/h5-9,12-13,15,20-21H,4,10-11,14H2,1-3H3,(H,26,29)/t20-,21+/m0/s1. The summed E-state index contributed by atoms with van der Waals surface area (Å²) in [6, 6.07) is 14.4. The first-order valence-corrected chi connectivity index (χ1v) is 10.5. The molecule has 1 heterocycles. The highest BCUT2D eigenvalue weighted by Gasteiger charge is 2.30. The predicted octanol–water partition coefficient (Wildman–Crippen LogP) is 3.76. The van der Waals surface area contributed by atoms with E-state index in [9.17, 15) is 9.59 Å². The molecule has 1 aromatic heterocycles. The third kappa shape index (κ3) is 3.95. The van der Waals surface area contributed by atoms with Gasteiger partial charge in [-0.1, -0.05) is 25.1 Å². The third-order valence-corrected chi connectivity index (χ3v) is 6.17. The molecule has 2 aromatic carbocycles. The number of nitrogens with one attached hydrogen (secondary N) is 1. The van der Waals surface area contributed by atoms with Gasteiger partial charge in [0.1, 0.15) is 0 Å². The maximum absolute atomic E-state index is 13.0. The second kappa shape index (κ2) is 8.30. The molecule has 0 spiro atoms. The van der Waals surface area contributed by atoms with Gasteiger partial charge in [0.2, 0.25) is 5.91 Å². The zero-order valence-corrected chi connectivity index (χ0v) is 17.8. The number of amides is 2. The highest BCUT2D eigenvalue weighted by Crippen LogP contribution is 2.27. The maximum Gasteiger partial charge on any atom is 0.253 e. The first-order chi connectivity index (χ1) is 14.5. The van der Waals surface area contributed by atoms with Gasteiger partial charge < -0.3 is 10.2 Å². The Morgan fingerprint density at radius 3 is 2.60 bits per heavy atom. The molecule has 1 fully saturated rings. The first-order valence-electron chi connectivity index (χ1n) is 10.5. The number of aromatic nitrogens is 2. The van der Waals surface area contributed by atoms with Crippen LogP contribution in [0.2, 0.25) is 0 Å². The average Bonchev–Trinajstić information content (AvgIpc) is 3.39. The number of aryl methyl sites for hydroxylation is 1. The number of benzene rings is 2. The Labute approximate surface area is 176 Å². The lowest BCUT2D eigenvalue weighted by Gasteiger charge is -2.25. The minimum Gasteiger partial charge on any atom is -0.353 e. The minimum atomic E-state index is 0.0247. The van der Waals surface area contributed by atoms with Gasteiger partial charge in [0, 0.05) is 43.5 Å². The predicted molar refractivity (Wildman–Crippen MR) is 118 cm³/mol. The molecule has 1 aliphatic rings. The van der Waals surface area contributed by atoms with E-state index in [4.69, 9.17) is 0 Å². The number of rotatable bonds is 5. The Hall–Kier alpha value is -3.15. The van der Waals surface area contributed by atoms with Gasteiger partial charge in [-0.3, -0.25) is 14.3 Å². The topological polar surface area (TPSA) is 67.2 Å². The van der Waals surface area contributed by atoms with Crippen molar-refractivity contribution in [2.24, 2.45) is 7.05 Å². The fourth-order valence-corrected chi connectivity index (χ4v) is 4.29. The van der Waals surface area contributed by atoms with Crippen molar-refractivity contribution in [3.63, 3.8) is 0 Å². The molecule has 6 heteroatoms. The van der Waals surface area contributed by atoms with Gasteiger partial charge in [0.25, 0.3) is 5.91 Å². The SMILES string of the molecule is CCC(=O)N[C@H]1CC[C@@H](N(C)C(=O)c2ccc(-c3ccc4c(cnn4C)c3)cc2)C1. The van der Waals surface area contributed by atoms with Crippen molar-refractivity contribution in [2.45, 2.75) is 44.7 Å². The number of nitrogens with zero attached hydrogens (tertiary/aromatic N) is 3. The number of carbonyl (C=O) groups excluding carboxylic acids is 2. The molecule has 6 nitrogen and oxygen atoms in total. The summed E-state index contributed by atoms with van der Waals surface area (Å²) in [5.74, 6) is 0.103. The molecule has 30 heavy (non-hydrogen) atoms. The Bertz CT molecular complexity index is 1070. The summed E-state index contributed by atoms with van der Waals surface area (Å²) in [5.41, 5.74) is 3.96. The van der Waals surface area contributed by atoms with Crippen LogP contribution in [-0.2, 0) is 11.8 Å². The zero-order valence-electron chi connectivity index (χ0n) is 17.8. The molecule has 1 aliphatic carbocycles. The van der Waals surface area contributed by atoms with E-state index in [1.54, 1.807) is 0 Å². The maximum atomic E-state index is 13.0. The van der Waals surface area contributed by atoms with Crippen molar-refractivity contribution in [1.29, 1.82) is 0 Å². The molecule has 1 saturated carbocycles. The van der Waals surface area contributed by atoms with Crippen LogP contribution in [0.3, 0.4) is 0 Å². The van der Waals surface area contributed by atoms with Gasteiger partial charge in [0.05, 0.1) is 11.7 Å². The number of hydrogen-bond acceptors (Lipinski definition) is 3. The summed E-state index contributed by atoms with van der Waals surface area (Å²) in [6.07, 6.45) is 5.01. The molecule has 0 bridgehead atoms. The lowest BCUT2D eigenvalue weighted by Crippen LogP contribution is -2.38. The number of fused-ring (bicyclic) bond motifs is 1. The lowest BCUT2D eigenvalue weighted by molar-refractivity contribution is -0.121. The van der Waals surface area contributed by atoms with Gasteiger partial charge in [-0.15, -0.1) is 0 Å². The summed E-state index contributed by atoms with van der Waals surface area (Å²) >= 11 is 0. The van der Waals surface area contributed by atoms with Gasteiger partial charge >= 0.3 is 0 Å². The van der Waals surface area contributed by atoms with Crippen LogP contribution in [0, 0.1) is 0 Å². The Balaban J connectivity index is 1.44. The van der Waals surface area contributed by atoms with E-state index in [1.807, 2.05) is 61.1 Å². The van der Waals surface area contributed by atoms with E-state index in [-0.39, 0.29) is 23.9 Å². The van der Waals surface area contributed by atoms with Crippen LogP contribution in [0.25, 0.3) is 22.0 Å². The quantitative estimate of drug-likeness (QED) is 0.704. The molecular weight excluding hydrogens is 376 g/mol. The molecule has 156 valence electrons. The molecule has 4 rings (SSSR count). The second-order valence-corrected chi connectivity index (χ2v) is 8.12. The molecule has 0 unspecified atom stereocenters. The van der Waals surface area contributed by atoms with Gasteiger partial charge in [-0.25, -0.2) is 0 Å². The van der Waals surface area contributed by atoms with E-state index in [2.05, 4.69) is 28.6 Å². The highest BCUT2D eigenvalue weighted by atomic mass is 16.2. The van der Waals surface area contributed by atoms with Crippen LogP contribution in [0.5, 0.6) is 0 Å². The number of carbonyl (C=O) groups is 2. The van der Waals surface area contributed by atoms with Crippen LogP contribution in [0.15, 0.2) is 48.7 Å². The smallest absolute Gasteiger partial charge is 0.253 e. The summed E-state index contributed by atoms with van der Waals surface area (Å²) < 4.78 is 1.86. The summed E-state index contributed by atoms with van der Waals surface area (Å²) in [7, 11) is 3.80. The molecule has 1 N–H and O–H groups in total. The summed E-state index contributed by atoms with van der Waals surface area (Å²) in [6.45, 7) is 1.86. The van der Waals surface area contributed by atoms with Crippen molar-refractivity contribution in [2.75, 3.05) is 7.05 Å². The van der Waals surface area contributed by atoms with Crippen molar-refractivity contribution >= 4 is 22.7 Å². The minimum absolute atomic E-state index is 0.0247. The van der Waals surface area contributed by atoms with Crippen molar-refractivity contribution in [3.8, 4) is 11.1 Å². The fraction of sp³-hybridized carbons (Fsp3) is 0.375. The highest BCUT2D eigenvalue weighted by molar-refractivity contribution is 5.95. The largest absolute Gasteiger partial charge is 0.353 e.